The Hall–Kier alpha value is -4.38. The monoisotopic (exact) mass is 434 g/mol. The summed E-state index contributed by atoms with van der Waals surface area (Å²) in [5, 5.41) is 13.5. The lowest BCUT2D eigenvalue weighted by atomic mass is 9.75. The molecule has 162 valence electrons. The third-order valence-electron chi connectivity index (χ3n) is 5.94. The molecule has 0 aliphatic carbocycles. The topological polar surface area (TPSA) is 75.4 Å². The number of rotatable bonds is 5. The minimum absolute atomic E-state index is 0.0217. The Kier molecular flexibility index (Phi) is 5.15. The van der Waals surface area contributed by atoms with Gasteiger partial charge in [-0.1, -0.05) is 72.8 Å². The zero-order valence-corrected chi connectivity index (χ0v) is 18.0. The maximum Gasteiger partial charge on any atom is 0.239 e. The van der Waals surface area contributed by atoms with Gasteiger partial charge >= 0.3 is 0 Å². The molecule has 0 aliphatic heterocycles. The van der Waals surface area contributed by atoms with Crippen molar-refractivity contribution in [2.75, 3.05) is 5.32 Å². The van der Waals surface area contributed by atoms with E-state index in [4.69, 9.17) is 4.42 Å². The van der Waals surface area contributed by atoms with Crippen LogP contribution in [0.5, 0.6) is 5.75 Å². The summed E-state index contributed by atoms with van der Waals surface area (Å²) in [7, 11) is 0. The fourth-order valence-corrected chi connectivity index (χ4v) is 4.00. The summed E-state index contributed by atoms with van der Waals surface area (Å²) in [4.78, 5) is 18.2. The van der Waals surface area contributed by atoms with E-state index >= 15 is 0 Å². The van der Waals surface area contributed by atoms with Gasteiger partial charge in [-0.05, 0) is 48.4 Å². The van der Waals surface area contributed by atoms with Gasteiger partial charge in [-0.25, -0.2) is 4.98 Å². The second-order valence-electron chi connectivity index (χ2n) is 8.03. The van der Waals surface area contributed by atoms with Crippen LogP contribution in [0.2, 0.25) is 0 Å². The highest BCUT2D eigenvalue weighted by molar-refractivity contribution is 6.02. The summed E-state index contributed by atoms with van der Waals surface area (Å²) in [5.74, 6) is 0.126. The van der Waals surface area contributed by atoms with E-state index in [1.807, 2.05) is 91.9 Å². The van der Waals surface area contributed by atoms with Crippen molar-refractivity contribution >= 4 is 22.7 Å². The third kappa shape index (κ3) is 3.74. The number of nitrogens with one attached hydrogen (secondary N) is 1. The van der Waals surface area contributed by atoms with Crippen molar-refractivity contribution in [2.45, 2.75) is 12.3 Å². The van der Waals surface area contributed by atoms with Crippen LogP contribution < -0.4 is 5.32 Å². The molecule has 2 N–H and O–H groups in total. The number of carbonyl (C=O) groups excluding carboxylic acids is 1. The first-order chi connectivity index (χ1) is 16.1. The lowest BCUT2D eigenvalue weighted by Crippen LogP contribution is -2.38. The molecular formula is C28H22N2O3. The molecule has 0 fully saturated rings. The summed E-state index contributed by atoms with van der Waals surface area (Å²) in [6, 6.07) is 31.6. The van der Waals surface area contributed by atoms with Crippen molar-refractivity contribution < 1.29 is 14.3 Å². The van der Waals surface area contributed by atoms with E-state index in [2.05, 4.69) is 10.3 Å². The molecular weight excluding hydrogens is 412 g/mol. The first-order valence-electron chi connectivity index (χ1n) is 10.7. The van der Waals surface area contributed by atoms with E-state index in [0.29, 0.717) is 28.2 Å². The first kappa shape index (κ1) is 20.5. The minimum atomic E-state index is -0.918. The van der Waals surface area contributed by atoms with Gasteiger partial charge in [0.1, 0.15) is 11.3 Å². The van der Waals surface area contributed by atoms with Gasteiger partial charge in [0.25, 0.3) is 0 Å². The number of phenols is 1. The van der Waals surface area contributed by atoms with Gasteiger partial charge in [0, 0.05) is 5.69 Å². The highest BCUT2D eigenvalue weighted by atomic mass is 16.3. The van der Waals surface area contributed by atoms with Crippen LogP contribution in [-0.2, 0) is 10.2 Å². The Labute approximate surface area is 191 Å². The van der Waals surface area contributed by atoms with Crippen molar-refractivity contribution in [3.63, 3.8) is 0 Å². The average Bonchev–Trinajstić information content (AvgIpc) is 3.30. The molecule has 0 atom stereocenters. The molecule has 0 saturated heterocycles. The Bertz CT molecular complexity index is 1350. The zero-order chi connectivity index (χ0) is 22.8. The number of hydrogen-bond acceptors (Lipinski definition) is 4. The predicted molar refractivity (Wildman–Crippen MR) is 129 cm³/mol. The molecule has 4 aromatic carbocycles. The average molecular weight is 434 g/mol. The number of nitrogens with zero attached hydrogens (tertiary/aromatic N) is 1. The Morgan fingerprint density at radius 2 is 1.45 bits per heavy atom. The van der Waals surface area contributed by atoms with Gasteiger partial charge in [0.15, 0.2) is 5.58 Å². The van der Waals surface area contributed by atoms with E-state index in [0.717, 1.165) is 11.1 Å². The largest absolute Gasteiger partial charge is 0.507 e. The second kappa shape index (κ2) is 8.28. The van der Waals surface area contributed by atoms with Crippen molar-refractivity contribution in [2.24, 2.45) is 0 Å². The number of amides is 1. The fraction of sp³-hybridized carbons (Fsp3) is 0.0714. The fourth-order valence-electron chi connectivity index (χ4n) is 4.00. The van der Waals surface area contributed by atoms with Crippen LogP contribution >= 0.6 is 0 Å². The number of oxazole rings is 1. The van der Waals surface area contributed by atoms with E-state index in [1.165, 1.54) is 6.07 Å². The lowest BCUT2D eigenvalue weighted by Gasteiger charge is -2.29. The number of hydrogen-bond donors (Lipinski definition) is 2. The standard InChI is InChI=1S/C28H22N2O3/c1-28(19-10-4-2-5-11-19,20-12-6-3-7-13-20)27(32)29-21-16-17-24(31)22(18-21)26-30-23-14-8-9-15-25(23)33-26/h2-18,31H,1H3,(H,29,32). The summed E-state index contributed by atoms with van der Waals surface area (Å²) in [5.41, 5.74) is 3.11. The molecule has 1 aromatic heterocycles. The second-order valence-corrected chi connectivity index (χ2v) is 8.03. The molecule has 0 aliphatic rings. The predicted octanol–water partition coefficient (Wildman–Crippen LogP) is 6.15. The molecule has 5 heteroatoms. The quantitative estimate of drug-likeness (QED) is 0.326. The van der Waals surface area contributed by atoms with Crippen molar-refractivity contribution in [1.29, 1.82) is 0 Å². The molecule has 1 amide bonds. The van der Waals surface area contributed by atoms with Crippen LogP contribution in [-0.4, -0.2) is 16.0 Å². The van der Waals surface area contributed by atoms with Gasteiger partial charge in [0.05, 0.1) is 11.0 Å². The smallest absolute Gasteiger partial charge is 0.239 e. The Morgan fingerprint density at radius 3 is 2.09 bits per heavy atom. The van der Waals surface area contributed by atoms with Crippen molar-refractivity contribution in [1.82, 2.24) is 4.98 Å². The number of aromatic nitrogens is 1. The van der Waals surface area contributed by atoms with Gasteiger partial charge < -0.3 is 14.8 Å². The zero-order valence-electron chi connectivity index (χ0n) is 18.0. The summed E-state index contributed by atoms with van der Waals surface area (Å²) < 4.78 is 5.82. The van der Waals surface area contributed by atoms with E-state index in [-0.39, 0.29) is 11.7 Å². The van der Waals surface area contributed by atoms with Gasteiger partial charge in [-0.2, -0.15) is 0 Å². The summed E-state index contributed by atoms with van der Waals surface area (Å²) in [6.07, 6.45) is 0. The van der Waals surface area contributed by atoms with Gasteiger partial charge in [-0.15, -0.1) is 0 Å². The van der Waals surface area contributed by atoms with Crippen LogP contribution in [0.25, 0.3) is 22.6 Å². The molecule has 1 heterocycles. The highest BCUT2D eigenvalue weighted by Gasteiger charge is 2.37. The molecule has 0 saturated carbocycles. The molecule has 0 bridgehead atoms. The molecule has 33 heavy (non-hydrogen) atoms. The minimum Gasteiger partial charge on any atom is -0.507 e. The van der Waals surface area contributed by atoms with E-state index in [9.17, 15) is 9.90 Å². The van der Waals surface area contributed by atoms with Crippen LogP contribution in [0.1, 0.15) is 18.1 Å². The summed E-state index contributed by atoms with van der Waals surface area (Å²) in [6.45, 7) is 1.91. The van der Waals surface area contributed by atoms with Crippen LogP contribution in [0.4, 0.5) is 5.69 Å². The lowest BCUT2D eigenvalue weighted by molar-refractivity contribution is -0.119. The van der Waals surface area contributed by atoms with Crippen LogP contribution in [0.15, 0.2) is 108 Å². The number of para-hydroxylation sites is 2. The first-order valence-corrected chi connectivity index (χ1v) is 10.7. The van der Waals surface area contributed by atoms with Crippen molar-refractivity contribution in [3.05, 3.63) is 114 Å². The maximum atomic E-state index is 13.7. The SMILES string of the molecule is CC(C(=O)Nc1ccc(O)c(-c2nc3ccccc3o2)c1)(c1ccccc1)c1ccccc1. The molecule has 0 spiro atoms. The van der Waals surface area contributed by atoms with Crippen LogP contribution in [0.3, 0.4) is 0 Å². The number of carbonyl (C=O) groups is 1. The molecule has 5 nitrogen and oxygen atoms in total. The van der Waals surface area contributed by atoms with Gasteiger partial charge in [-0.3, -0.25) is 4.79 Å². The molecule has 5 aromatic rings. The Balaban J connectivity index is 1.53. The van der Waals surface area contributed by atoms with E-state index < -0.39 is 5.41 Å². The van der Waals surface area contributed by atoms with E-state index in [1.54, 1.807) is 12.1 Å². The molecule has 0 radical (unpaired) electrons. The number of phenolic OH excluding ortho intramolecular Hbond substituents is 1. The van der Waals surface area contributed by atoms with Crippen molar-refractivity contribution in [3.8, 4) is 17.2 Å². The summed E-state index contributed by atoms with van der Waals surface area (Å²) >= 11 is 0. The number of fused-ring (bicyclic) bond motifs is 1. The number of aromatic hydroxyl groups is 1. The normalized spacial score (nSPS) is 11.4. The number of anilines is 1. The number of benzene rings is 4. The maximum absolute atomic E-state index is 13.7. The van der Waals surface area contributed by atoms with Crippen LogP contribution in [0, 0.1) is 0 Å². The Morgan fingerprint density at radius 1 is 0.848 bits per heavy atom. The third-order valence-corrected chi connectivity index (χ3v) is 5.94. The molecule has 5 rings (SSSR count). The molecule has 0 unspecified atom stereocenters. The van der Waals surface area contributed by atoms with Gasteiger partial charge in [0.2, 0.25) is 11.8 Å². The highest BCUT2D eigenvalue weighted by Crippen LogP contribution is 2.36.